The molecule has 0 aliphatic heterocycles. The molecule has 2 unspecified atom stereocenters. The van der Waals surface area contributed by atoms with E-state index in [0.717, 1.165) is 25.7 Å². The number of carbonyl (C=O) groups excluding carboxylic acids is 1. The monoisotopic (exact) mass is 329 g/mol. The van der Waals surface area contributed by atoms with E-state index < -0.39 is 5.82 Å². The third-order valence-electron chi connectivity index (χ3n) is 3.52. The molecule has 104 valence electrons. The van der Waals surface area contributed by atoms with E-state index in [1.54, 1.807) is 6.07 Å². The number of carbonyl (C=O) groups is 1. The average molecular weight is 330 g/mol. The molecule has 1 saturated carbocycles. The lowest BCUT2D eigenvalue weighted by Crippen LogP contribution is -2.36. The molecule has 0 spiro atoms. The van der Waals surface area contributed by atoms with Crippen LogP contribution in [0.1, 0.15) is 36.0 Å². The van der Waals surface area contributed by atoms with Crippen LogP contribution in [0.5, 0.6) is 0 Å². The van der Waals surface area contributed by atoms with E-state index in [2.05, 4.69) is 21.2 Å². The van der Waals surface area contributed by atoms with Crippen molar-refractivity contribution >= 4 is 21.8 Å². The summed E-state index contributed by atoms with van der Waals surface area (Å²) in [4.78, 5) is 11.9. The van der Waals surface area contributed by atoms with Gasteiger partial charge in [-0.15, -0.1) is 0 Å². The van der Waals surface area contributed by atoms with E-state index in [9.17, 15) is 14.3 Å². The number of aliphatic hydroxyl groups is 1. The first-order chi connectivity index (χ1) is 9.06. The number of rotatable bonds is 3. The minimum Gasteiger partial charge on any atom is -0.393 e. The van der Waals surface area contributed by atoms with Gasteiger partial charge in [0.25, 0.3) is 5.91 Å². The number of benzene rings is 1. The van der Waals surface area contributed by atoms with Crippen molar-refractivity contribution in [2.75, 3.05) is 6.54 Å². The van der Waals surface area contributed by atoms with Crippen molar-refractivity contribution < 1.29 is 14.3 Å². The quantitative estimate of drug-likeness (QED) is 0.895. The normalized spacial score (nSPS) is 23.1. The predicted molar refractivity (Wildman–Crippen MR) is 74.4 cm³/mol. The fourth-order valence-electron chi connectivity index (χ4n) is 2.44. The van der Waals surface area contributed by atoms with Gasteiger partial charge in [0.2, 0.25) is 0 Å². The number of halogens is 2. The van der Waals surface area contributed by atoms with Crippen molar-refractivity contribution in [1.29, 1.82) is 0 Å². The molecule has 2 atom stereocenters. The summed E-state index contributed by atoms with van der Waals surface area (Å²) in [5, 5.41) is 12.6. The largest absolute Gasteiger partial charge is 0.393 e. The molecular weight excluding hydrogens is 313 g/mol. The first kappa shape index (κ1) is 14.5. The SMILES string of the molecule is O=C(NCC1CCCCC1O)c1cc(F)cc(Br)c1. The summed E-state index contributed by atoms with van der Waals surface area (Å²) in [5.41, 5.74) is 0.289. The topological polar surface area (TPSA) is 49.3 Å². The number of nitrogens with one attached hydrogen (secondary N) is 1. The zero-order chi connectivity index (χ0) is 13.8. The highest BCUT2D eigenvalue weighted by molar-refractivity contribution is 9.10. The van der Waals surface area contributed by atoms with Crippen LogP contribution in [0.4, 0.5) is 4.39 Å². The van der Waals surface area contributed by atoms with Crippen LogP contribution in [0.2, 0.25) is 0 Å². The Morgan fingerprint density at radius 3 is 2.79 bits per heavy atom. The fourth-order valence-corrected chi connectivity index (χ4v) is 2.90. The molecule has 1 aromatic carbocycles. The van der Waals surface area contributed by atoms with E-state index in [4.69, 9.17) is 0 Å². The molecule has 1 aromatic rings. The lowest BCUT2D eigenvalue weighted by Gasteiger charge is -2.27. The fraction of sp³-hybridized carbons (Fsp3) is 0.500. The Kier molecular flexibility index (Phi) is 4.93. The highest BCUT2D eigenvalue weighted by atomic mass is 79.9. The van der Waals surface area contributed by atoms with Crippen LogP contribution >= 0.6 is 15.9 Å². The molecule has 3 nitrogen and oxygen atoms in total. The first-order valence-corrected chi connectivity index (χ1v) is 7.28. The summed E-state index contributed by atoms with van der Waals surface area (Å²) in [6.45, 7) is 0.439. The van der Waals surface area contributed by atoms with Gasteiger partial charge in [0.1, 0.15) is 5.82 Å². The smallest absolute Gasteiger partial charge is 0.251 e. The maximum Gasteiger partial charge on any atom is 0.251 e. The maximum absolute atomic E-state index is 13.2. The van der Waals surface area contributed by atoms with Crippen LogP contribution in [0.15, 0.2) is 22.7 Å². The van der Waals surface area contributed by atoms with Gasteiger partial charge in [-0.3, -0.25) is 4.79 Å². The highest BCUT2D eigenvalue weighted by Crippen LogP contribution is 2.23. The molecule has 0 aromatic heterocycles. The molecule has 0 heterocycles. The molecule has 2 rings (SSSR count). The Labute approximate surface area is 120 Å². The van der Waals surface area contributed by atoms with Crippen LogP contribution < -0.4 is 5.32 Å². The minimum atomic E-state index is -0.447. The Bertz CT molecular complexity index is 447. The second kappa shape index (κ2) is 6.48. The number of amides is 1. The molecule has 5 heteroatoms. The van der Waals surface area contributed by atoms with Crippen molar-refractivity contribution in [1.82, 2.24) is 5.32 Å². The summed E-state index contributed by atoms with van der Waals surface area (Å²) < 4.78 is 13.7. The number of hydrogen-bond acceptors (Lipinski definition) is 2. The van der Waals surface area contributed by atoms with Crippen LogP contribution in [0, 0.1) is 11.7 Å². The van der Waals surface area contributed by atoms with Gasteiger partial charge in [0.15, 0.2) is 0 Å². The Hall–Kier alpha value is -0.940. The summed E-state index contributed by atoms with van der Waals surface area (Å²) in [5.74, 6) is -0.648. The molecule has 0 saturated heterocycles. The van der Waals surface area contributed by atoms with Gasteiger partial charge >= 0.3 is 0 Å². The Morgan fingerprint density at radius 2 is 2.11 bits per heavy atom. The molecule has 0 bridgehead atoms. The Balaban J connectivity index is 1.93. The Morgan fingerprint density at radius 1 is 1.37 bits per heavy atom. The van der Waals surface area contributed by atoms with Gasteiger partial charge in [0.05, 0.1) is 6.10 Å². The van der Waals surface area contributed by atoms with E-state index in [-0.39, 0.29) is 23.5 Å². The minimum absolute atomic E-state index is 0.106. The van der Waals surface area contributed by atoms with Crippen molar-refractivity contribution in [2.45, 2.75) is 31.8 Å². The van der Waals surface area contributed by atoms with Crippen LogP contribution in [0.25, 0.3) is 0 Å². The maximum atomic E-state index is 13.2. The first-order valence-electron chi connectivity index (χ1n) is 6.48. The van der Waals surface area contributed by atoms with E-state index in [1.165, 1.54) is 12.1 Å². The highest BCUT2D eigenvalue weighted by Gasteiger charge is 2.23. The van der Waals surface area contributed by atoms with E-state index in [1.807, 2.05) is 0 Å². The van der Waals surface area contributed by atoms with Crippen molar-refractivity contribution in [3.63, 3.8) is 0 Å². The molecule has 1 aliphatic carbocycles. The van der Waals surface area contributed by atoms with Gasteiger partial charge in [-0.25, -0.2) is 4.39 Å². The number of aliphatic hydroxyl groups excluding tert-OH is 1. The van der Waals surface area contributed by atoms with Gasteiger partial charge < -0.3 is 10.4 Å². The second-order valence-electron chi connectivity index (χ2n) is 4.98. The molecule has 1 fully saturated rings. The van der Waals surface area contributed by atoms with Crippen LogP contribution in [0.3, 0.4) is 0 Å². The zero-order valence-electron chi connectivity index (χ0n) is 10.5. The van der Waals surface area contributed by atoms with Crippen LogP contribution in [-0.2, 0) is 0 Å². The van der Waals surface area contributed by atoms with Crippen LogP contribution in [-0.4, -0.2) is 23.7 Å². The zero-order valence-corrected chi connectivity index (χ0v) is 12.1. The van der Waals surface area contributed by atoms with Crippen molar-refractivity contribution in [2.24, 2.45) is 5.92 Å². The lowest BCUT2D eigenvalue weighted by atomic mass is 9.86. The van der Waals surface area contributed by atoms with Gasteiger partial charge in [0, 0.05) is 22.5 Å². The van der Waals surface area contributed by atoms with Crippen molar-refractivity contribution in [3.05, 3.63) is 34.1 Å². The molecule has 1 amide bonds. The molecular formula is C14H17BrFNO2. The molecule has 19 heavy (non-hydrogen) atoms. The van der Waals surface area contributed by atoms with Crippen molar-refractivity contribution in [3.8, 4) is 0 Å². The second-order valence-corrected chi connectivity index (χ2v) is 5.90. The molecule has 1 aliphatic rings. The van der Waals surface area contributed by atoms with E-state index >= 15 is 0 Å². The third kappa shape index (κ3) is 4.01. The summed E-state index contributed by atoms with van der Waals surface area (Å²) in [6, 6.07) is 4.09. The summed E-state index contributed by atoms with van der Waals surface area (Å²) >= 11 is 3.16. The summed E-state index contributed by atoms with van der Waals surface area (Å²) in [6.07, 6.45) is 3.51. The van der Waals surface area contributed by atoms with E-state index in [0.29, 0.717) is 11.0 Å². The molecule has 2 N–H and O–H groups in total. The summed E-state index contributed by atoms with van der Waals surface area (Å²) in [7, 11) is 0. The lowest BCUT2D eigenvalue weighted by molar-refractivity contribution is 0.0663. The standard InChI is InChI=1S/C14H17BrFNO2/c15-11-5-10(6-12(16)7-11)14(19)17-8-9-3-1-2-4-13(9)18/h5-7,9,13,18H,1-4,8H2,(H,17,19). The number of hydrogen-bond donors (Lipinski definition) is 2. The predicted octanol–water partition coefficient (Wildman–Crippen LogP) is 2.87. The van der Waals surface area contributed by atoms with Gasteiger partial charge in [-0.1, -0.05) is 28.8 Å². The molecule has 0 radical (unpaired) electrons. The van der Waals surface area contributed by atoms with Gasteiger partial charge in [-0.05, 0) is 31.0 Å². The average Bonchev–Trinajstić information content (AvgIpc) is 2.36. The third-order valence-corrected chi connectivity index (χ3v) is 3.98. The van der Waals surface area contributed by atoms with Gasteiger partial charge in [-0.2, -0.15) is 0 Å².